The Balaban J connectivity index is 1.73. The SMILES string of the molecule is C[C@@H](CCc1ccccc1)NC(=O)CN(Cc1ccccc1F)S(=O)(=O)c1ccc(Cl)cc1. The number of sulfonamides is 1. The number of nitrogens with zero attached hydrogens (tertiary/aromatic N) is 1. The zero-order valence-electron chi connectivity index (χ0n) is 18.2. The monoisotopic (exact) mass is 488 g/mol. The van der Waals surface area contributed by atoms with Crippen LogP contribution in [0.5, 0.6) is 0 Å². The predicted molar refractivity (Wildman–Crippen MR) is 128 cm³/mol. The minimum Gasteiger partial charge on any atom is -0.352 e. The van der Waals surface area contributed by atoms with Crippen molar-refractivity contribution in [3.63, 3.8) is 0 Å². The molecule has 0 heterocycles. The third-order valence-electron chi connectivity index (χ3n) is 5.19. The van der Waals surface area contributed by atoms with Crippen LogP contribution in [-0.4, -0.2) is 31.2 Å². The van der Waals surface area contributed by atoms with Gasteiger partial charge in [-0.2, -0.15) is 4.31 Å². The smallest absolute Gasteiger partial charge is 0.243 e. The molecule has 0 saturated heterocycles. The van der Waals surface area contributed by atoms with Crippen LogP contribution in [0.3, 0.4) is 0 Å². The number of carbonyl (C=O) groups is 1. The number of halogens is 2. The van der Waals surface area contributed by atoms with E-state index in [1.165, 1.54) is 42.5 Å². The Hall–Kier alpha value is -2.74. The highest BCUT2D eigenvalue weighted by Crippen LogP contribution is 2.21. The Morgan fingerprint density at radius 3 is 2.30 bits per heavy atom. The van der Waals surface area contributed by atoms with Crippen LogP contribution in [0.4, 0.5) is 4.39 Å². The van der Waals surface area contributed by atoms with Crippen LogP contribution >= 0.6 is 11.6 Å². The van der Waals surface area contributed by atoms with E-state index in [4.69, 9.17) is 11.6 Å². The molecular formula is C25H26ClFN2O3S. The molecule has 1 N–H and O–H groups in total. The number of hydrogen-bond donors (Lipinski definition) is 1. The van der Waals surface area contributed by atoms with E-state index in [1.54, 1.807) is 6.07 Å². The highest BCUT2D eigenvalue weighted by atomic mass is 35.5. The van der Waals surface area contributed by atoms with E-state index in [2.05, 4.69) is 5.32 Å². The summed E-state index contributed by atoms with van der Waals surface area (Å²) in [5, 5.41) is 3.24. The Kier molecular flexibility index (Phi) is 8.61. The summed E-state index contributed by atoms with van der Waals surface area (Å²) in [7, 11) is -4.07. The lowest BCUT2D eigenvalue weighted by atomic mass is 10.1. The van der Waals surface area contributed by atoms with Crippen molar-refractivity contribution >= 4 is 27.5 Å². The predicted octanol–water partition coefficient (Wildman–Crippen LogP) is 4.81. The van der Waals surface area contributed by atoms with Gasteiger partial charge in [-0.1, -0.05) is 60.1 Å². The molecule has 174 valence electrons. The lowest BCUT2D eigenvalue weighted by molar-refractivity contribution is -0.122. The fourth-order valence-corrected chi connectivity index (χ4v) is 4.88. The minimum atomic E-state index is -4.07. The van der Waals surface area contributed by atoms with Crippen LogP contribution in [0.2, 0.25) is 5.02 Å². The van der Waals surface area contributed by atoms with E-state index in [1.807, 2.05) is 37.3 Å². The number of nitrogens with one attached hydrogen (secondary N) is 1. The zero-order valence-corrected chi connectivity index (χ0v) is 19.8. The molecule has 5 nitrogen and oxygen atoms in total. The van der Waals surface area contributed by atoms with Gasteiger partial charge >= 0.3 is 0 Å². The van der Waals surface area contributed by atoms with E-state index in [0.717, 1.165) is 16.3 Å². The first-order valence-electron chi connectivity index (χ1n) is 10.6. The molecule has 0 fully saturated rings. The van der Waals surface area contributed by atoms with Crippen molar-refractivity contribution < 1.29 is 17.6 Å². The Morgan fingerprint density at radius 1 is 1.00 bits per heavy atom. The summed E-state index contributed by atoms with van der Waals surface area (Å²) in [6.45, 7) is 1.16. The molecule has 0 spiro atoms. The summed E-state index contributed by atoms with van der Waals surface area (Å²) in [6, 6.07) is 21.3. The summed E-state index contributed by atoms with van der Waals surface area (Å²) in [5.41, 5.74) is 1.34. The van der Waals surface area contributed by atoms with Gasteiger partial charge in [0.15, 0.2) is 0 Å². The van der Waals surface area contributed by atoms with Gasteiger partial charge in [0.05, 0.1) is 11.4 Å². The summed E-state index contributed by atoms with van der Waals surface area (Å²) in [6.07, 6.45) is 1.48. The molecule has 3 aromatic rings. The second kappa shape index (κ2) is 11.4. The van der Waals surface area contributed by atoms with Crippen molar-refractivity contribution in [2.24, 2.45) is 0 Å². The second-order valence-corrected chi connectivity index (χ2v) is 10.2. The van der Waals surface area contributed by atoms with Crippen molar-refractivity contribution in [1.82, 2.24) is 9.62 Å². The third kappa shape index (κ3) is 7.12. The second-order valence-electron chi connectivity index (χ2n) is 7.81. The van der Waals surface area contributed by atoms with Gasteiger partial charge in [0.25, 0.3) is 0 Å². The molecule has 0 aliphatic heterocycles. The van der Waals surface area contributed by atoms with Gasteiger partial charge in [0.2, 0.25) is 15.9 Å². The quantitative estimate of drug-likeness (QED) is 0.445. The van der Waals surface area contributed by atoms with Gasteiger partial charge in [-0.15, -0.1) is 0 Å². The van der Waals surface area contributed by atoms with Crippen molar-refractivity contribution in [3.8, 4) is 0 Å². The van der Waals surface area contributed by atoms with Crippen LogP contribution in [0.1, 0.15) is 24.5 Å². The molecule has 0 aromatic heterocycles. The maximum atomic E-state index is 14.3. The third-order valence-corrected chi connectivity index (χ3v) is 7.25. The molecule has 1 amide bonds. The first kappa shape index (κ1) is 24.9. The van der Waals surface area contributed by atoms with Crippen molar-refractivity contribution in [2.75, 3.05) is 6.54 Å². The maximum Gasteiger partial charge on any atom is 0.243 e. The maximum absolute atomic E-state index is 14.3. The first-order valence-corrected chi connectivity index (χ1v) is 12.4. The number of amides is 1. The van der Waals surface area contributed by atoms with Crippen LogP contribution in [0.25, 0.3) is 0 Å². The summed E-state index contributed by atoms with van der Waals surface area (Å²) in [5.74, 6) is -0.991. The number of hydrogen-bond acceptors (Lipinski definition) is 3. The topological polar surface area (TPSA) is 66.5 Å². The van der Waals surface area contributed by atoms with Crippen molar-refractivity contribution in [3.05, 3.63) is 101 Å². The number of benzene rings is 3. The van der Waals surface area contributed by atoms with E-state index >= 15 is 0 Å². The Labute approximate surface area is 199 Å². The van der Waals surface area contributed by atoms with Crippen LogP contribution in [0.15, 0.2) is 83.8 Å². The molecule has 0 aliphatic carbocycles. The molecule has 33 heavy (non-hydrogen) atoms. The summed E-state index contributed by atoms with van der Waals surface area (Å²) < 4.78 is 41.8. The van der Waals surface area contributed by atoms with E-state index in [0.29, 0.717) is 11.4 Å². The van der Waals surface area contributed by atoms with Crippen molar-refractivity contribution in [1.29, 1.82) is 0 Å². The average Bonchev–Trinajstić information content (AvgIpc) is 2.79. The zero-order chi connectivity index (χ0) is 23.8. The van der Waals surface area contributed by atoms with Crippen LogP contribution in [-0.2, 0) is 27.8 Å². The van der Waals surface area contributed by atoms with Gasteiger partial charge in [-0.3, -0.25) is 4.79 Å². The van der Waals surface area contributed by atoms with Gasteiger partial charge < -0.3 is 5.32 Å². The fourth-order valence-electron chi connectivity index (χ4n) is 3.38. The Bertz CT molecular complexity index is 1170. The summed E-state index contributed by atoms with van der Waals surface area (Å²) in [4.78, 5) is 12.7. The van der Waals surface area contributed by atoms with E-state index < -0.39 is 28.3 Å². The van der Waals surface area contributed by atoms with Crippen molar-refractivity contribution in [2.45, 2.75) is 37.2 Å². The summed E-state index contributed by atoms with van der Waals surface area (Å²) >= 11 is 5.89. The molecule has 0 aliphatic rings. The molecule has 3 rings (SSSR count). The molecule has 0 radical (unpaired) electrons. The highest BCUT2D eigenvalue weighted by Gasteiger charge is 2.28. The minimum absolute atomic E-state index is 0.0202. The van der Waals surface area contributed by atoms with E-state index in [9.17, 15) is 17.6 Å². The Morgan fingerprint density at radius 2 is 1.64 bits per heavy atom. The standard InChI is InChI=1S/C25H26ClFN2O3S/c1-19(11-12-20-7-3-2-4-8-20)28-25(30)18-29(17-21-9-5-6-10-24(21)27)33(31,32)23-15-13-22(26)14-16-23/h2-10,13-16,19H,11-12,17-18H2,1H3,(H,28,30)/t19-/m0/s1. The normalized spacial score (nSPS) is 12.5. The number of carbonyl (C=O) groups excluding carboxylic acids is 1. The molecular weight excluding hydrogens is 463 g/mol. The molecule has 1 atom stereocenters. The van der Waals surface area contributed by atoms with E-state index in [-0.39, 0.29) is 23.0 Å². The van der Waals surface area contributed by atoms with Gasteiger partial charge in [-0.05, 0) is 55.7 Å². The lowest BCUT2D eigenvalue weighted by Gasteiger charge is -2.23. The highest BCUT2D eigenvalue weighted by molar-refractivity contribution is 7.89. The average molecular weight is 489 g/mol. The fraction of sp³-hybridized carbons (Fsp3) is 0.240. The lowest BCUT2D eigenvalue weighted by Crippen LogP contribution is -2.43. The molecule has 0 saturated carbocycles. The van der Waals surface area contributed by atoms with Crippen LogP contribution < -0.4 is 5.32 Å². The van der Waals surface area contributed by atoms with Gasteiger partial charge in [0, 0.05) is 23.2 Å². The first-order chi connectivity index (χ1) is 15.8. The molecule has 3 aromatic carbocycles. The number of aryl methyl sites for hydroxylation is 1. The van der Waals surface area contributed by atoms with Crippen LogP contribution in [0, 0.1) is 5.82 Å². The van der Waals surface area contributed by atoms with Gasteiger partial charge in [0.1, 0.15) is 5.82 Å². The molecule has 8 heteroatoms. The number of rotatable bonds is 10. The van der Waals surface area contributed by atoms with Gasteiger partial charge in [-0.25, -0.2) is 12.8 Å². The molecule has 0 unspecified atom stereocenters. The largest absolute Gasteiger partial charge is 0.352 e. The molecule has 0 bridgehead atoms.